The average molecular weight is 225 g/mol. The molecule has 1 fully saturated rings. The van der Waals surface area contributed by atoms with Gasteiger partial charge in [-0.15, -0.1) is 11.3 Å². The lowest BCUT2D eigenvalue weighted by atomic mass is 9.93. The molecule has 4 heteroatoms. The highest BCUT2D eigenvalue weighted by Crippen LogP contribution is 2.26. The summed E-state index contributed by atoms with van der Waals surface area (Å²) in [5.74, 6) is 0.657. The molecule has 0 radical (unpaired) electrons. The van der Waals surface area contributed by atoms with Crippen molar-refractivity contribution in [3.8, 4) is 0 Å². The Morgan fingerprint density at radius 1 is 1.67 bits per heavy atom. The number of likely N-dealkylation sites (tertiary alicyclic amines) is 1. The summed E-state index contributed by atoms with van der Waals surface area (Å²) in [5, 5.41) is 3.25. The summed E-state index contributed by atoms with van der Waals surface area (Å²) in [5.41, 5.74) is 6.10. The lowest BCUT2D eigenvalue weighted by Crippen LogP contribution is -2.48. The number of nitrogens with zero attached hydrogens (tertiary/aromatic N) is 2. The molecule has 0 saturated carbocycles. The van der Waals surface area contributed by atoms with Crippen molar-refractivity contribution in [2.75, 3.05) is 13.1 Å². The topological polar surface area (TPSA) is 42.2 Å². The van der Waals surface area contributed by atoms with Gasteiger partial charge in [-0.3, -0.25) is 4.90 Å². The molecule has 2 N–H and O–H groups in total. The van der Waals surface area contributed by atoms with Gasteiger partial charge < -0.3 is 5.73 Å². The monoisotopic (exact) mass is 225 g/mol. The van der Waals surface area contributed by atoms with Gasteiger partial charge in [0.2, 0.25) is 0 Å². The summed E-state index contributed by atoms with van der Waals surface area (Å²) in [7, 11) is 0. The van der Waals surface area contributed by atoms with Crippen molar-refractivity contribution in [3.05, 3.63) is 16.6 Å². The van der Waals surface area contributed by atoms with Crippen LogP contribution in [0.4, 0.5) is 0 Å². The summed E-state index contributed by atoms with van der Waals surface area (Å²) in [6.45, 7) is 6.62. The Kier molecular flexibility index (Phi) is 3.38. The molecule has 0 aromatic carbocycles. The van der Waals surface area contributed by atoms with E-state index in [9.17, 15) is 0 Å². The van der Waals surface area contributed by atoms with Crippen molar-refractivity contribution in [1.82, 2.24) is 9.88 Å². The standard InChI is InChI=1S/C11H19N3S/c1-8-3-5-14(7-10(8)12)9(2)11-13-4-6-15-11/h4,6,8-10H,3,5,7,12H2,1-2H3. The zero-order chi connectivity index (χ0) is 10.8. The van der Waals surface area contributed by atoms with Gasteiger partial charge in [-0.2, -0.15) is 0 Å². The Hall–Kier alpha value is -0.450. The number of hydrogen-bond acceptors (Lipinski definition) is 4. The molecule has 3 nitrogen and oxygen atoms in total. The van der Waals surface area contributed by atoms with Gasteiger partial charge in [0.05, 0.1) is 6.04 Å². The van der Waals surface area contributed by atoms with Crippen molar-refractivity contribution in [2.24, 2.45) is 11.7 Å². The maximum Gasteiger partial charge on any atom is 0.109 e. The number of rotatable bonds is 2. The molecule has 3 unspecified atom stereocenters. The van der Waals surface area contributed by atoms with Gasteiger partial charge in [-0.1, -0.05) is 6.92 Å². The SMILES string of the molecule is CC1CCN(C(C)c2nccs2)CC1N. The first-order valence-electron chi connectivity index (χ1n) is 5.57. The van der Waals surface area contributed by atoms with Crippen LogP contribution in [0.25, 0.3) is 0 Å². The second-order valence-corrected chi connectivity index (χ2v) is 5.40. The molecule has 0 bridgehead atoms. The van der Waals surface area contributed by atoms with Gasteiger partial charge in [0.25, 0.3) is 0 Å². The van der Waals surface area contributed by atoms with Gasteiger partial charge in [0.15, 0.2) is 0 Å². The molecule has 84 valence electrons. The van der Waals surface area contributed by atoms with E-state index in [2.05, 4.69) is 23.7 Å². The lowest BCUT2D eigenvalue weighted by Gasteiger charge is -2.37. The summed E-state index contributed by atoms with van der Waals surface area (Å²) in [6, 6.07) is 0.740. The maximum atomic E-state index is 6.10. The fourth-order valence-corrected chi connectivity index (χ4v) is 2.80. The highest BCUT2D eigenvalue weighted by Gasteiger charge is 2.27. The number of piperidine rings is 1. The van der Waals surface area contributed by atoms with Crippen molar-refractivity contribution in [2.45, 2.75) is 32.4 Å². The Morgan fingerprint density at radius 3 is 3.07 bits per heavy atom. The average Bonchev–Trinajstić information content (AvgIpc) is 2.74. The van der Waals surface area contributed by atoms with Crippen LogP contribution in [0, 0.1) is 5.92 Å². The third-order valence-electron chi connectivity index (χ3n) is 3.40. The molecule has 0 spiro atoms. The van der Waals surface area contributed by atoms with Crippen LogP contribution in [-0.2, 0) is 0 Å². The molecule has 2 rings (SSSR count). The smallest absolute Gasteiger partial charge is 0.109 e. The Morgan fingerprint density at radius 2 is 2.47 bits per heavy atom. The van der Waals surface area contributed by atoms with Crippen LogP contribution in [0.1, 0.15) is 31.3 Å². The summed E-state index contributed by atoms with van der Waals surface area (Å²) in [4.78, 5) is 6.82. The molecule has 0 amide bonds. The molecular weight excluding hydrogens is 206 g/mol. The molecule has 1 aliphatic rings. The maximum absolute atomic E-state index is 6.10. The van der Waals surface area contributed by atoms with E-state index >= 15 is 0 Å². The molecule has 3 atom stereocenters. The van der Waals surface area contributed by atoms with Crippen LogP contribution in [-0.4, -0.2) is 29.0 Å². The van der Waals surface area contributed by atoms with Crippen LogP contribution in [0.15, 0.2) is 11.6 Å². The molecule has 1 saturated heterocycles. The molecule has 15 heavy (non-hydrogen) atoms. The van der Waals surface area contributed by atoms with Gasteiger partial charge >= 0.3 is 0 Å². The van der Waals surface area contributed by atoms with E-state index in [1.807, 2.05) is 11.6 Å². The van der Waals surface area contributed by atoms with Gasteiger partial charge in [0, 0.05) is 24.2 Å². The lowest BCUT2D eigenvalue weighted by molar-refractivity contribution is 0.128. The fourth-order valence-electron chi connectivity index (χ4n) is 2.07. The first kappa shape index (κ1) is 11.0. The van der Waals surface area contributed by atoms with E-state index in [1.165, 1.54) is 11.4 Å². The van der Waals surface area contributed by atoms with E-state index in [1.54, 1.807) is 11.3 Å². The molecule has 1 aliphatic heterocycles. The molecule has 0 aliphatic carbocycles. The first-order chi connectivity index (χ1) is 7.18. The number of hydrogen-bond donors (Lipinski definition) is 1. The van der Waals surface area contributed by atoms with Crippen molar-refractivity contribution in [1.29, 1.82) is 0 Å². The minimum atomic E-state index is 0.321. The van der Waals surface area contributed by atoms with Crippen LogP contribution in [0.5, 0.6) is 0 Å². The van der Waals surface area contributed by atoms with Crippen LogP contribution in [0.3, 0.4) is 0 Å². The van der Waals surface area contributed by atoms with Crippen LogP contribution < -0.4 is 5.73 Å². The minimum absolute atomic E-state index is 0.321. The van der Waals surface area contributed by atoms with Gasteiger partial charge in [0.1, 0.15) is 5.01 Å². The van der Waals surface area contributed by atoms with E-state index < -0.39 is 0 Å². The molecule has 1 aromatic rings. The Balaban J connectivity index is 2.00. The number of aromatic nitrogens is 1. The zero-order valence-electron chi connectivity index (χ0n) is 9.39. The first-order valence-corrected chi connectivity index (χ1v) is 6.45. The quantitative estimate of drug-likeness (QED) is 0.835. The summed E-state index contributed by atoms with van der Waals surface area (Å²) in [6.07, 6.45) is 3.08. The fraction of sp³-hybridized carbons (Fsp3) is 0.727. The molecule has 1 aromatic heterocycles. The highest BCUT2D eigenvalue weighted by atomic mass is 32.1. The highest BCUT2D eigenvalue weighted by molar-refractivity contribution is 7.09. The van der Waals surface area contributed by atoms with Crippen molar-refractivity contribution < 1.29 is 0 Å². The van der Waals surface area contributed by atoms with E-state index in [0.29, 0.717) is 18.0 Å². The Labute approximate surface area is 95.3 Å². The predicted molar refractivity (Wildman–Crippen MR) is 63.9 cm³/mol. The second-order valence-electron chi connectivity index (χ2n) is 4.47. The van der Waals surface area contributed by atoms with Crippen LogP contribution >= 0.6 is 11.3 Å². The van der Waals surface area contributed by atoms with Crippen molar-refractivity contribution >= 4 is 11.3 Å². The predicted octanol–water partition coefficient (Wildman–Crippen LogP) is 1.87. The summed E-state index contributed by atoms with van der Waals surface area (Å²) >= 11 is 1.73. The largest absolute Gasteiger partial charge is 0.326 e. The van der Waals surface area contributed by atoms with E-state index in [-0.39, 0.29) is 0 Å². The van der Waals surface area contributed by atoms with E-state index in [4.69, 9.17) is 5.73 Å². The van der Waals surface area contributed by atoms with Gasteiger partial charge in [-0.05, 0) is 25.8 Å². The summed E-state index contributed by atoms with van der Waals surface area (Å²) < 4.78 is 0. The third-order valence-corrected chi connectivity index (χ3v) is 4.35. The molecule has 2 heterocycles. The molecular formula is C11H19N3S. The number of nitrogens with two attached hydrogens (primary N) is 1. The minimum Gasteiger partial charge on any atom is -0.326 e. The zero-order valence-corrected chi connectivity index (χ0v) is 10.2. The van der Waals surface area contributed by atoms with E-state index in [0.717, 1.165) is 13.1 Å². The normalized spacial score (nSPS) is 30.3. The van der Waals surface area contributed by atoms with Gasteiger partial charge in [-0.25, -0.2) is 4.98 Å². The van der Waals surface area contributed by atoms with Crippen LogP contribution in [0.2, 0.25) is 0 Å². The second kappa shape index (κ2) is 4.60. The Bertz CT molecular complexity index is 299. The van der Waals surface area contributed by atoms with Crippen molar-refractivity contribution in [3.63, 3.8) is 0 Å². The third kappa shape index (κ3) is 2.38. The number of thiazole rings is 1.